The van der Waals surface area contributed by atoms with Crippen LogP contribution in [-0.2, 0) is 0 Å². The Morgan fingerprint density at radius 3 is 2.72 bits per heavy atom. The SMILES string of the molecule is CCNc1cc(C(F)F)nc2c(F)ccc(Cl)c12. The maximum Gasteiger partial charge on any atom is 0.280 e. The summed E-state index contributed by atoms with van der Waals surface area (Å²) in [5, 5.41) is 3.49. The number of pyridine rings is 1. The lowest BCUT2D eigenvalue weighted by Gasteiger charge is -2.12. The Labute approximate surface area is 107 Å². The van der Waals surface area contributed by atoms with Crippen molar-refractivity contribution in [3.63, 3.8) is 0 Å². The quantitative estimate of drug-likeness (QED) is 0.897. The van der Waals surface area contributed by atoms with Crippen molar-refractivity contribution in [1.82, 2.24) is 4.98 Å². The van der Waals surface area contributed by atoms with E-state index in [2.05, 4.69) is 10.3 Å². The molecule has 2 rings (SSSR count). The summed E-state index contributed by atoms with van der Waals surface area (Å²) >= 11 is 5.97. The fourth-order valence-electron chi connectivity index (χ4n) is 1.73. The second-order valence-corrected chi connectivity index (χ2v) is 4.09. The average molecular weight is 275 g/mol. The maximum absolute atomic E-state index is 13.6. The molecule has 0 aliphatic heterocycles. The molecule has 6 heteroatoms. The minimum absolute atomic E-state index is 0.142. The lowest BCUT2D eigenvalue weighted by Crippen LogP contribution is -2.02. The normalized spacial score (nSPS) is 11.2. The first kappa shape index (κ1) is 13.0. The molecule has 1 aromatic carbocycles. The summed E-state index contributed by atoms with van der Waals surface area (Å²) in [5.74, 6) is -0.670. The largest absolute Gasteiger partial charge is 0.385 e. The van der Waals surface area contributed by atoms with Crippen LogP contribution in [0, 0.1) is 5.82 Å². The molecule has 0 aliphatic carbocycles. The van der Waals surface area contributed by atoms with Crippen LogP contribution in [0.3, 0.4) is 0 Å². The first-order chi connectivity index (χ1) is 8.54. The van der Waals surface area contributed by atoms with Gasteiger partial charge in [0.2, 0.25) is 0 Å². The molecule has 2 aromatic rings. The fraction of sp³-hybridized carbons (Fsp3) is 0.250. The third-order valence-corrected chi connectivity index (χ3v) is 2.79. The third-order valence-electron chi connectivity index (χ3n) is 2.47. The van der Waals surface area contributed by atoms with E-state index in [0.29, 0.717) is 17.6 Å². The van der Waals surface area contributed by atoms with Crippen LogP contribution in [0.4, 0.5) is 18.9 Å². The average Bonchev–Trinajstić information content (AvgIpc) is 2.33. The van der Waals surface area contributed by atoms with Gasteiger partial charge in [-0.05, 0) is 25.1 Å². The van der Waals surface area contributed by atoms with Gasteiger partial charge in [-0.3, -0.25) is 0 Å². The molecule has 0 spiro atoms. The number of benzene rings is 1. The number of nitrogens with one attached hydrogen (secondary N) is 1. The van der Waals surface area contributed by atoms with E-state index in [1.807, 2.05) is 6.92 Å². The van der Waals surface area contributed by atoms with Gasteiger partial charge in [0.1, 0.15) is 17.0 Å². The number of nitrogens with zero attached hydrogens (tertiary/aromatic N) is 1. The van der Waals surface area contributed by atoms with Gasteiger partial charge < -0.3 is 5.32 Å². The highest BCUT2D eigenvalue weighted by atomic mass is 35.5. The summed E-state index contributed by atoms with van der Waals surface area (Å²) in [7, 11) is 0. The minimum Gasteiger partial charge on any atom is -0.385 e. The van der Waals surface area contributed by atoms with E-state index in [4.69, 9.17) is 11.6 Å². The zero-order chi connectivity index (χ0) is 13.3. The summed E-state index contributed by atoms with van der Waals surface area (Å²) in [6, 6.07) is 3.69. The van der Waals surface area contributed by atoms with Gasteiger partial charge in [0.05, 0.1) is 5.02 Å². The van der Waals surface area contributed by atoms with Crippen LogP contribution in [0.2, 0.25) is 5.02 Å². The molecule has 2 nitrogen and oxygen atoms in total. The highest BCUT2D eigenvalue weighted by Gasteiger charge is 2.17. The second-order valence-electron chi connectivity index (χ2n) is 3.68. The Bertz CT molecular complexity index is 587. The number of hydrogen-bond acceptors (Lipinski definition) is 2. The highest BCUT2D eigenvalue weighted by molar-refractivity contribution is 6.36. The molecule has 0 atom stereocenters. The predicted molar refractivity (Wildman–Crippen MR) is 65.8 cm³/mol. The minimum atomic E-state index is -2.76. The number of alkyl halides is 2. The van der Waals surface area contributed by atoms with E-state index in [1.54, 1.807) is 0 Å². The van der Waals surface area contributed by atoms with Crippen LogP contribution in [0.15, 0.2) is 18.2 Å². The molecular formula is C12H10ClF3N2. The van der Waals surface area contributed by atoms with E-state index in [-0.39, 0.29) is 10.5 Å². The Morgan fingerprint density at radius 1 is 1.39 bits per heavy atom. The summed E-state index contributed by atoms with van der Waals surface area (Å²) in [4.78, 5) is 3.63. The van der Waals surface area contributed by atoms with Gasteiger partial charge in [-0.15, -0.1) is 0 Å². The van der Waals surface area contributed by atoms with E-state index in [1.165, 1.54) is 12.1 Å². The van der Waals surface area contributed by atoms with Crippen molar-refractivity contribution in [2.75, 3.05) is 11.9 Å². The topological polar surface area (TPSA) is 24.9 Å². The zero-order valence-electron chi connectivity index (χ0n) is 9.48. The Morgan fingerprint density at radius 2 is 2.11 bits per heavy atom. The van der Waals surface area contributed by atoms with Crippen LogP contribution in [0.5, 0.6) is 0 Å². The van der Waals surface area contributed by atoms with Crippen LogP contribution >= 0.6 is 11.6 Å². The molecule has 0 amide bonds. The summed E-state index contributed by atoms with van der Waals surface area (Å²) in [6.07, 6.45) is -2.76. The Balaban J connectivity index is 2.80. The Kier molecular flexibility index (Phi) is 3.61. The molecule has 0 saturated carbocycles. The molecule has 18 heavy (non-hydrogen) atoms. The first-order valence-electron chi connectivity index (χ1n) is 5.35. The summed E-state index contributed by atoms with van der Waals surface area (Å²) < 4.78 is 39.0. The number of fused-ring (bicyclic) bond motifs is 1. The van der Waals surface area contributed by atoms with Gasteiger partial charge in [-0.2, -0.15) is 0 Å². The van der Waals surface area contributed by atoms with Gasteiger partial charge in [0.25, 0.3) is 6.43 Å². The van der Waals surface area contributed by atoms with E-state index >= 15 is 0 Å². The van der Waals surface area contributed by atoms with Gasteiger partial charge in [0, 0.05) is 17.6 Å². The van der Waals surface area contributed by atoms with Crippen LogP contribution in [0.25, 0.3) is 10.9 Å². The molecule has 0 aliphatic rings. The molecule has 0 fully saturated rings. The second kappa shape index (κ2) is 5.02. The molecule has 1 aromatic heterocycles. The van der Waals surface area contributed by atoms with Crippen LogP contribution < -0.4 is 5.32 Å². The number of halogens is 4. The molecule has 1 heterocycles. The molecule has 0 bridgehead atoms. The van der Waals surface area contributed by atoms with Crippen LogP contribution in [0.1, 0.15) is 19.0 Å². The van der Waals surface area contributed by atoms with E-state index in [0.717, 1.165) is 6.07 Å². The first-order valence-corrected chi connectivity index (χ1v) is 5.73. The third kappa shape index (κ3) is 2.22. The van der Waals surface area contributed by atoms with Crippen molar-refractivity contribution < 1.29 is 13.2 Å². The maximum atomic E-state index is 13.6. The zero-order valence-corrected chi connectivity index (χ0v) is 10.2. The summed E-state index contributed by atoms with van der Waals surface area (Å²) in [6.45, 7) is 2.32. The lowest BCUT2D eigenvalue weighted by molar-refractivity contribution is 0.146. The van der Waals surface area contributed by atoms with Crippen molar-refractivity contribution in [2.45, 2.75) is 13.3 Å². The molecular weight excluding hydrogens is 265 g/mol. The van der Waals surface area contributed by atoms with Crippen molar-refractivity contribution in [1.29, 1.82) is 0 Å². The molecule has 96 valence electrons. The van der Waals surface area contributed by atoms with Gasteiger partial charge >= 0.3 is 0 Å². The number of aromatic nitrogens is 1. The van der Waals surface area contributed by atoms with Crippen molar-refractivity contribution in [2.24, 2.45) is 0 Å². The standard InChI is InChI=1S/C12H10ClF3N2/c1-2-17-8-5-9(12(15)16)18-11-7(14)4-3-6(13)10(8)11/h3-5,12H,2H2,1H3,(H,17,18). The highest BCUT2D eigenvalue weighted by Crippen LogP contribution is 2.33. The molecule has 1 N–H and O–H groups in total. The molecule has 0 unspecified atom stereocenters. The molecule has 0 saturated heterocycles. The lowest BCUT2D eigenvalue weighted by atomic mass is 10.1. The van der Waals surface area contributed by atoms with E-state index in [9.17, 15) is 13.2 Å². The molecule has 0 radical (unpaired) electrons. The van der Waals surface area contributed by atoms with E-state index < -0.39 is 17.9 Å². The number of rotatable bonds is 3. The van der Waals surface area contributed by atoms with Gasteiger partial charge in [-0.25, -0.2) is 18.2 Å². The van der Waals surface area contributed by atoms with Gasteiger partial charge in [-0.1, -0.05) is 11.6 Å². The van der Waals surface area contributed by atoms with Crippen molar-refractivity contribution >= 4 is 28.2 Å². The smallest absolute Gasteiger partial charge is 0.280 e. The number of anilines is 1. The summed E-state index contributed by atoms with van der Waals surface area (Å²) in [5.41, 5.74) is -0.252. The van der Waals surface area contributed by atoms with Gasteiger partial charge in [0.15, 0.2) is 0 Å². The predicted octanol–water partition coefficient (Wildman–Crippen LogP) is 4.40. The van der Waals surface area contributed by atoms with Crippen molar-refractivity contribution in [3.8, 4) is 0 Å². The van der Waals surface area contributed by atoms with Crippen molar-refractivity contribution in [3.05, 3.63) is 34.7 Å². The fourth-order valence-corrected chi connectivity index (χ4v) is 1.98. The monoisotopic (exact) mass is 274 g/mol. The Hall–Kier alpha value is -1.49. The number of hydrogen-bond donors (Lipinski definition) is 1. The van der Waals surface area contributed by atoms with Crippen LogP contribution in [-0.4, -0.2) is 11.5 Å².